The molecule has 108 valence electrons. The molecule has 1 spiro atoms. The summed E-state index contributed by atoms with van der Waals surface area (Å²) in [4.78, 5) is 24.6. The van der Waals surface area contributed by atoms with Crippen molar-refractivity contribution >= 4 is 24.3 Å². The maximum atomic E-state index is 12.0. The number of likely N-dealkylation sites (tertiary alicyclic amines) is 1. The molecular formula is C14H17ClN2O3. The van der Waals surface area contributed by atoms with Crippen molar-refractivity contribution in [3.63, 3.8) is 0 Å². The van der Waals surface area contributed by atoms with Gasteiger partial charge in [-0.1, -0.05) is 12.1 Å². The van der Waals surface area contributed by atoms with Gasteiger partial charge in [-0.2, -0.15) is 0 Å². The van der Waals surface area contributed by atoms with Crippen LogP contribution < -0.4 is 5.32 Å². The first-order valence-corrected chi connectivity index (χ1v) is 6.39. The van der Waals surface area contributed by atoms with Crippen LogP contribution in [0.4, 0.5) is 0 Å². The molecule has 3 rings (SSSR count). The standard InChI is InChI=1S/C14H16N2O3.ClH/c17-12-5-14(7-15-8-14)9-16(12)6-10-1-3-11(4-2-10)13(18)19;/h1-4,15H,5-9H2,(H,18,19);1H. The van der Waals surface area contributed by atoms with Crippen molar-refractivity contribution in [1.29, 1.82) is 0 Å². The lowest BCUT2D eigenvalue weighted by Crippen LogP contribution is -2.54. The van der Waals surface area contributed by atoms with Crippen molar-refractivity contribution in [3.8, 4) is 0 Å². The van der Waals surface area contributed by atoms with Crippen LogP contribution in [0.25, 0.3) is 0 Å². The molecule has 20 heavy (non-hydrogen) atoms. The summed E-state index contributed by atoms with van der Waals surface area (Å²) in [5.41, 5.74) is 1.40. The first kappa shape index (κ1) is 14.8. The molecule has 6 heteroatoms. The lowest BCUT2D eigenvalue weighted by atomic mass is 9.81. The Morgan fingerprint density at radius 3 is 2.40 bits per heavy atom. The van der Waals surface area contributed by atoms with E-state index in [9.17, 15) is 9.59 Å². The van der Waals surface area contributed by atoms with Crippen LogP contribution in [0.15, 0.2) is 24.3 Å². The van der Waals surface area contributed by atoms with E-state index >= 15 is 0 Å². The molecule has 1 amide bonds. The molecule has 2 fully saturated rings. The molecule has 2 saturated heterocycles. The highest BCUT2D eigenvalue weighted by atomic mass is 35.5. The van der Waals surface area contributed by atoms with Gasteiger partial charge in [0, 0.05) is 38.0 Å². The monoisotopic (exact) mass is 296 g/mol. The van der Waals surface area contributed by atoms with Crippen molar-refractivity contribution in [2.45, 2.75) is 13.0 Å². The molecule has 2 aliphatic rings. The molecular weight excluding hydrogens is 280 g/mol. The first-order valence-electron chi connectivity index (χ1n) is 6.39. The number of rotatable bonds is 3. The van der Waals surface area contributed by atoms with E-state index in [1.54, 1.807) is 24.3 Å². The minimum atomic E-state index is -0.928. The van der Waals surface area contributed by atoms with Crippen LogP contribution in [0.3, 0.4) is 0 Å². The van der Waals surface area contributed by atoms with Crippen LogP contribution >= 0.6 is 12.4 Å². The van der Waals surface area contributed by atoms with E-state index in [1.807, 2.05) is 4.90 Å². The van der Waals surface area contributed by atoms with Gasteiger partial charge in [0.2, 0.25) is 5.91 Å². The number of halogens is 1. The average molecular weight is 297 g/mol. The molecule has 2 N–H and O–H groups in total. The fourth-order valence-electron chi connectivity index (χ4n) is 2.81. The normalized spacial score (nSPS) is 19.6. The number of hydrogen-bond acceptors (Lipinski definition) is 3. The van der Waals surface area contributed by atoms with Crippen molar-refractivity contribution in [2.75, 3.05) is 19.6 Å². The van der Waals surface area contributed by atoms with Crippen molar-refractivity contribution < 1.29 is 14.7 Å². The highest BCUT2D eigenvalue weighted by molar-refractivity contribution is 5.87. The maximum Gasteiger partial charge on any atom is 0.335 e. The van der Waals surface area contributed by atoms with Crippen LogP contribution in [-0.4, -0.2) is 41.5 Å². The third kappa shape index (κ3) is 2.64. The van der Waals surface area contributed by atoms with E-state index < -0.39 is 5.97 Å². The van der Waals surface area contributed by atoms with Crippen LogP contribution in [0.2, 0.25) is 0 Å². The maximum absolute atomic E-state index is 12.0. The fraction of sp³-hybridized carbons (Fsp3) is 0.429. The van der Waals surface area contributed by atoms with Crippen molar-refractivity contribution in [1.82, 2.24) is 10.2 Å². The van der Waals surface area contributed by atoms with E-state index in [2.05, 4.69) is 5.32 Å². The molecule has 0 atom stereocenters. The predicted octanol–water partition coefficient (Wildman–Crippen LogP) is 1.13. The summed E-state index contributed by atoms with van der Waals surface area (Å²) in [6.07, 6.45) is 0.632. The third-order valence-corrected chi connectivity index (χ3v) is 3.98. The Kier molecular flexibility index (Phi) is 4.01. The van der Waals surface area contributed by atoms with Crippen LogP contribution in [0.5, 0.6) is 0 Å². The molecule has 0 aliphatic carbocycles. The largest absolute Gasteiger partial charge is 0.478 e. The number of carbonyl (C=O) groups is 2. The summed E-state index contributed by atoms with van der Waals surface area (Å²) in [5.74, 6) is -0.730. The quantitative estimate of drug-likeness (QED) is 0.877. The van der Waals surface area contributed by atoms with Gasteiger partial charge in [0.15, 0.2) is 0 Å². The molecule has 2 aliphatic heterocycles. The van der Waals surface area contributed by atoms with E-state index in [-0.39, 0.29) is 29.3 Å². The second-order valence-electron chi connectivity index (χ2n) is 5.53. The fourth-order valence-corrected chi connectivity index (χ4v) is 2.81. The molecule has 0 bridgehead atoms. The number of nitrogens with zero attached hydrogens (tertiary/aromatic N) is 1. The van der Waals surface area contributed by atoms with Crippen molar-refractivity contribution in [2.24, 2.45) is 5.41 Å². The lowest BCUT2D eigenvalue weighted by molar-refractivity contribution is -0.128. The summed E-state index contributed by atoms with van der Waals surface area (Å²) in [5, 5.41) is 12.1. The topological polar surface area (TPSA) is 69.6 Å². The molecule has 1 aromatic rings. The zero-order chi connectivity index (χ0) is 13.5. The number of carbonyl (C=O) groups excluding carboxylic acids is 1. The lowest BCUT2D eigenvalue weighted by Gasteiger charge is -2.38. The van der Waals surface area contributed by atoms with Gasteiger partial charge < -0.3 is 15.3 Å². The number of aromatic carboxylic acids is 1. The van der Waals surface area contributed by atoms with E-state index in [0.29, 0.717) is 13.0 Å². The zero-order valence-corrected chi connectivity index (χ0v) is 11.8. The Bertz CT molecular complexity index is 526. The highest BCUT2D eigenvalue weighted by Crippen LogP contribution is 2.35. The number of carboxylic acid groups (broad SMARTS) is 1. The number of carboxylic acids is 1. The molecule has 5 nitrogen and oxygen atoms in total. The third-order valence-electron chi connectivity index (χ3n) is 3.98. The Hall–Kier alpha value is -1.59. The van der Waals surface area contributed by atoms with Gasteiger partial charge >= 0.3 is 5.97 Å². The molecule has 2 heterocycles. The van der Waals surface area contributed by atoms with Gasteiger partial charge in [0.1, 0.15) is 0 Å². The van der Waals surface area contributed by atoms with Gasteiger partial charge in [-0.15, -0.1) is 12.4 Å². The molecule has 1 aromatic carbocycles. The molecule has 0 unspecified atom stereocenters. The summed E-state index contributed by atoms with van der Waals surface area (Å²) in [6.45, 7) is 3.22. The van der Waals surface area contributed by atoms with E-state index in [1.165, 1.54) is 0 Å². The zero-order valence-electron chi connectivity index (χ0n) is 11.0. The Labute approximate surface area is 123 Å². The highest BCUT2D eigenvalue weighted by Gasteiger charge is 2.46. The summed E-state index contributed by atoms with van der Waals surface area (Å²) in [7, 11) is 0. The van der Waals surface area contributed by atoms with Crippen molar-refractivity contribution in [3.05, 3.63) is 35.4 Å². The summed E-state index contributed by atoms with van der Waals surface area (Å²) >= 11 is 0. The summed E-state index contributed by atoms with van der Waals surface area (Å²) in [6, 6.07) is 6.72. The molecule has 0 radical (unpaired) electrons. The Morgan fingerprint density at radius 1 is 1.30 bits per heavy atom. The number of amides is 1. The predicted molar refractivity (Wildman–Crippen MR) is 76.0 cm³/mol. The smallest absolute Gasteiger partial charge is 0.335 e. The SMILES string of the molecule is Cl.O=C(O)c1ccc(CN2CC3(CNC3)CC2=O)cc1. The minimum absolute atomic E-state index is 0. The van der Waals surface area contributed by atoms with E-state index in [4.69, 9.17) is 5.11 Å². The van der Waals surface area contributed by atoms with Crippen LogP contribution in [0.1, 0.15) is 22.3 Å². The number of hydrogen-bond donors (Lipinski definition) is 2. The summed E-state index contributed by atoms with van der Waals surface area (Å²) < 4.78 is 0. The first-order chi connectivity index (χ1) is 9.08. The molecule has 0 aromatic heterocycles. The minimum Gasteiger partial charge on any atom is -0.478 e. The van der Waals surface area contributed by atoms with Gasteiger partial charge in [-0.05, 0) is 17.7 Å². The second-order valence-corrected chi connectivity index (χ2v) is 5.53. The Morgan fingerprint density at radius 2 is 1.95 bits per heavy atom. The van der Waals surface area contributed by atoms with Gasteiger partial charge in [-0.3, -0.25) is 4.79 Å². The number of nitrogens with one attached hydrogen (secondary N) is 1. The van der Waals surface area contributed by atoms with Crippen LogP contribution in [-0.2, 0) is 11.3 Å². The van der Waals surface area contributed by atoms with Crippen LogP contribution in [0, 0.1) is 5.41 Å². The number of benzene rings is 1. The van der Waals surface area contributed by atoms with Gasteiger partial charge in [0.05, 0.1) is 5.56 Å². The van der Waals surface area contributed by atoms with Gasteiger partial charge in [-0.25, -0.2) is 4.79 Å². The van der Waals surface area contributed by atoms with Gasteiger partial charge in [0.25, 0.3) is 0 Å². The average Bonchev–Trinajstić information content (AvgIpc) is 2.68. The second kappa shape index (κ2) is 5.42. The Balaban J connectivity index is 0.00000147. The van der Waals surface area contributed by atoms with E-state index in [0.717, 1.165) is 25.2 Å². The molecule has 0 saturated carbocycles.